The second-order valence-corrected chi connectivity index (χ2v) is 3.77. The van der Waals surface area contributed by atoms with Gasteiger partial charge in [0.15, 0.2) is 0 Å². The standard InChI is InChI=1S/C7H16N2/c1-7(2)4-3-6(5-7)9-8/h6,9H,3-5,8H2,1-2H3. The summed E-state index contributed by atoms with van der Waals surface area (Å²) in [4.78, 5) is 0. The molecule has 54 valence electrons. The van der Waals surface area contributed by atoms with E-state index in [-0.39, 0.29) is 0 Å². The summed E-state index contributed by atoms with van der Waals surface area (Å²) in [6, 6.07) is 0.569. The van der Waals surface area contributed by atoms with Gasteiger partial charge in [0.1, 0.15) is 0 Å². The molecular formula is C7H16N2. The normalized spacial score (nSPS) is 33.0. The third kappa shape index (κ3) is 1.66. The largest absolute Gasteiger partial charge is 0.271 e. The van der Waals surface area contributed by atoms with Crippen molar-refractivity contribution in [1.82, 2.24) is 5.43 Å². The fourth-order valence-electron chi connectivity index (χ4n) is 1.58. The number of hydrogen-bond donors (Lipinski definition) is 2. The first-order chi connectivity index (χ1) is 4.14. The Balaban J connectivity index is 2.38. The van der Waals surface area contributed by atoms with Crippen LogP contribution in [0.3, 0.4) is 0 Å². The second kappa shape index (κ2) is 2.27. The molecule has 0 bridgehead atoms. The van der Waals surface area contributed by atoms with Crippen LogP contribution in [-0.4, -0.2) is 6.04 Å². The zero-order valence-electron chi connectivity index (χ0n) is 6.28. The van der Waals surface area contributed by atoms with Gasteiger partial charge in [-0.05, 0) is 24.7 Å². The summed E-state index contributed by atoms with van der Waals surface area (Å²) < 4.78 is 0. The third-order valence-corrected chi connectivity index (χ3v) is 2.20. The van der Waals surface area contributed by atoms with E-state index in [9.17, 15) is 0 Å². The van der Waals surface area contributed by atoms with Crippen molar-refractivity contribution in [2.45, 2.75) is 39.2 Å². The van der Waals surface area contributed by atoms with Gasteiger partial charge in [0.25, 0.3) is 0 Å². The Bertz CT molecular complexity index is 99.1. The van der Waals surface area contributed by atoms with E-state index >= 15 is 0 Å². The molecule has 1 rings (SSSR count). The molecule has 0 saturated heterocycles. The van der Waals surface area contributed by atoms with Crippen LogP contribution in [0.25, 0.3) is 0 Å². The minimum atomic E-state index is 0.525. The van der Waals surface area contributed by atoms with Gasteiger partial charge < -0.3 is 0 Å². The first kappa shape index (κ1) is 7.03. The molecule has 2 nitrogen and oxygen atoms in total. The van der Waals surface area contributed by atoms with Crippen LogP contribution < -0.4 is 11.3 Å². The quantitative estimate of drug-likeness (QED) is 0.409. The van der Waals surface area contributed by atoms with Crippen molar-refractivity contribution >= 4 is 0 Å². The van der Waals surface area contributed by atoms with Crippen LogP contribution in [0.15, 0.2) is 0 Å². The van der Waals surface area contributed by atoms with Crippen molar-refractivity contribution in [2.24, 2.45) is 11.3 Å². The highest BCUT2D eigenvalue weighted by molar-refractivity contribution is 4.84. The molecule has 9 heavy (non-hydrogen) atoms. The number of nitrogens with two attached hydrogens (primary N) is 1. The van der Waals surface area contributed by atoms with Crippen molar-refractivity contribution in [3.8, 4) is 0 Å². The van der Waals surface area contributed by atoms with E-state index in [2.05, 4.69) is 19.3 Å². The SMILES string of the molecule is CC1(C)CCC(NN)C1. The molecule has 1 unspecified atom stereocenters. The second-order valence-electron chi connectivity index (χ2n) is 3.77. The molecular weight excluding hydrogens is 112 g/mol. The van der Waals surface area contributed by atoms with Gasteiger partial charge in [-0.3, -0.25) is 11.3 Å². The Hall–Kier alpha value is -0.0800. The van der Waals surface area contributed by atoms with Crippen LogP contribution in [-0.2, 0) is 0 Å². The fraction of sp³-hybridized carbons (Fsp3) is 1.00. The third-order valence-electron chi connectivity index (χ3n) is 2.20. The van der Waals surface area contributed by atoms with Gasteiger partial charge >= 0.3 is 0 Å². The Morgan fingerprint density at radius 3 is 2.44 bits per heavy atom. The highest BCUT2D eigenvalue weighted by Crippen LogP contribution is 2.36. The number of nitrogens with one attached hydrogen (secondary N) is 1. The predicted octanol–water partition coefficient (Wildman–Crippen LogP) is 1.03. The zero-order chi connectivity index (χ0) is 6.91. The van der Waals surface area contributed by atoms with Crippen LogP contribution in [0.4, 0.5) is 0 Å². The van der Waals surface area contributed by atoms with E-state index in [1.54, 1.807) is 0 Å². The molecule has 0 aromatic carbocycles. The highest BCUT2D eigenvalue weighted by Gasteiger charge is 2.29. The van der Waals surface area contributed by atoms with Gasteiger partial charge in [0.05, 0.1) is 0 Å². The highest BCUT2D eigenvalue weighted by atomic mass is 15.2. The fourth-order valence-corrected chi connectivity index (χ4v) is 1.58. The molecule has 0 amide bonds. The first-order valence-corrected chi connectivity index (χ1v) is 3.60. The van der Waals surface area contributed by atoms with Gasteiger partial charge in [-0.2, -0.15) is 0 Å². The smallest absolute Gasteiger partial charge is 0.0215 e. The molecule has 0 aromatic heterocycles. The summed E-state index contributed by atoms with van der Waals surface area (Å²) in [6.07, 6.45) is 3.77. The Morgan fingerprint density at radius 2 is 2.22 bits per heavy atom. The average molecular weight is 128 g/mol. The lowest BCUT2D eigenvalue weighted by Gasteiger charge is -2.16. The molecule has 0 aromatic rings. The van der Waals surface area contributed by atoms with E-state index in [0.717, 1.165) is 0 Å². The summed E-state index contributed by atoms with van der Waals surface area (Å²) in [5, 5.41) is 0. The summed E-state index contributed by atoms with van der Waals surface area (Å²) in [5.74, 6) is 5.30. The molecule has 1 fully saturated rings. The maximum Gasteiger partial charge on any atom is 0.0215 e. The minimum Gasteiger partial charge on any atom is -0.271 e. The van der Waals surface area contributed by atoms with Crippen molar-refractivity contribution < 1.29 is 0 Å². The number of rotatable bonds is 1. The van der Waals surface area contributed by atoms with E-state index in [1.807, 2.05) is 0 Å². The van der Waals surface area contributed by atoms with Crippen molar-refractivity contribution in [2.75, 3.05) is 0 Å². The summed E-state index contributed by atoms with van der Waals surface area (Å²) >= 11 is 0. The molecule has 1 saturated carbocycles. The lowest BCUT2D eigenvalue weighted by molar-refractivity contribution is 0.366. The van der Waals surface area contributed by atoms with Crippen LogP contribution in [0.1, 0.15) is 33.1 Å². The van der Waals surface area contributed by atoms with Crippen LogP contribution in [0, 0.1) is 5.41 Å². The maximum absolute atomic E-state index is 5.30. The lowest BCUT2D eigenvalue weighted by atomic mass is 9.92. The first-order valence-electron chi connectivity index (χ1n) is 3.60. The van der Waals surface area contributed by atoms with Crippen molar-refractivity contribution in [3.05, 3.63) is 0 Å². The topological polar surface area (TPSA) is 38.0 Å². The zero-order valence-corrected chi connectivity index (χ0v) is 6.28. The van der Waals surface area contributed by atoms with Crippen molar-refractivity contribution in [3.63, 3.8) is 0 Å². The Kier molecular flexibility index (Phi) is 1.78. The predicted molar refractivity (Wildman–Crippen MR) is 38.7 cm³/mol. The average Bonchev–Trinajstić information content (AvgIpc) is 2.10. The van der Waals surface area contributed by atoms with E-state index in [1.165, 1.54) is 19.3 Å². The number of hydrogen-bond acceptors (Lipinski definition) is 2. The molecule has 2 heteroatoms. The molecule has 0 radical (unpaired) electrons. The lowest BCUT2D eigenvalue weighted by Crippen LogP contribution is -2.33. The van der Waals surface area contributed by atoms with Gasteiger partial charge in [-0.1, -0.05) is 13.8 Å². The summed E-state index contributed by atoms with van der Waals surface area (Å²) in [5.41, 5.74) is 3.34. The molecule has 3 N–H and O–H groups in total. The van der Waals surface area contributed by atoms with E-state index < -0.39 is 0 Å². The molecule has 0 aliphatic heterocycles. The van der Waals surface area contributed by atoms with Crippen LogP contribution in [0.2, 0.25) is 0 Å². The summed E-state index contributed by atoms with van der Waals surface area (Å²) in [6.45, 7) is 4.59. The maximum atomic E-state index is 5.30. The minimum absolute atomic E-state index is 0.525. The Labute approximate surface area is 56.8 Å². The number of hydrazine groups is 1. The molecule has 1 aliphatic carbocycles. The molecule has 0 spiro atoms. The van der Waals surface area contributed by atoms with E-state index in [4.69, 9.17) is 5.84 Å². The van der Waals surface area contributed by atoms with Gasteiger partial charge in [0.2, 0.25) is 0 Å². The van der Waals surface area contributed by atoms with E-state index in [0.29, 0.717) is 11.5 Å². The monoisotopic (exact) mass is 128 g/mol. The van der Waals surface area contributed by atoms with Gasteiger partial charge in [-0.25, -0.2) is 0 Å². The molecule has 1 aliphatic rings. The van der Waals surface area contributed by atoms with Crippen LogP contribution >= 0.6 is 0 Å². The van der Waals surface area contributed by atoms with Crippen molar-refractivity contribution in [1.29, 1.82) is 0 Å². The molecule has 1 atom stereocenters. The van der Waals surface area contributed by atoms with Gasteiger partial charge in [-0.15, -0.1) is 0 Å². The molecule has 0 heterocycles. The van der Waals surface area contributed by atoms with Gasteiger partial charge in [0, 0.05) is 6.04 Å². The summed E-state index contributed by atoms with van der Waals surface area (Å²) in [7, 11) is 0. The Morgan fingerprint density at radius 1 is 1.56 bits per heavy atom. The van der Waals surface area contributed by atoms with Crippen LogP contribution in [0.5, 0.6) is 0 Å².